The molecule has 35 heavy (non-hydrogen) atoms. The highest BCUT2D eigenvalue weighted by Crippen LogP contribution is 2.13. The molecule has 0 radical (unpaired) electrons. The zero-order valence-electron chi connectivity index (χ0n) is 19.0. The van der Waals surface area contributed by atoms with Crippen molar-refractivity contribution in [1.82, 2.24) is 21.3 Å². The quantitative estimate of drug-likeness (QED) is 0.145. The number of nitrogens with one attached hydrogen (secondary N) is 4. The normalized spacial score (nSPS) is 17.6. The van der Waals surface area contributed by atoms with E-state index >= 15 is 0 Å². The summed E-state index contributed by atoms with van der Waals surface area (Å²) in [5.41, 5.74) is 5.77. The van der Waals surface area contributed by atoms with Crippen LogP contribution in [0.4, 0.5) is 0 Å². The molecule has 0 saturated carbocycles. The van der Waals surface area contributed by atoms with Crippen LogP contribution in [0.15, 0.2) is 24.3 Å². The molecular formula is C22H31N5O8. The lowest BCUT2D eigenvalue weighted by molar-refractivity contribution is -0.143. The topological polar surface area (TPSA) is 220 Å². The molecule has 4 amide bonds. The van der Waals surface area contributed by atoms with Gasteiger partial charge < -0.3 is 42.3 Å². The van der Waals surface area contributed by atoms with Crippen LogP contribution >= 0.6 is 0 Å². The summed E-state index contributed by atoms with van der Waals surface area (Å²) < 4.78 is 0. The third-order valence-electron chi connectivity index (χ3n) is 5.50. The van der Waals surface area contributed by atoms with E-state index in [-0.39, 0.29) is 25.0 Å². The maximum Gasteiger partial charge on any atom is 0.328 e. The van der Waals surface area contributed by atoms with Crippen LogP contribution in [-0.2, 0) is 30.4 Å². The molecule has 4 unspecified atom stereocenters. The molecule has 192 valence electrons. The van der Waals surface area contributed by atoms with Crippen LogP contribution < -0.4 is 27.0 Å². The molecule has 13 heteroatoms. The van der Waals surface area contributed by atoms with E-state index in [1.165, 1.54) is 12.1 Å². The van der Waals surface area contributed by atoms with Gasteiger partial charge in [-0.2, -0.15) is 0 Å². The molecule has 0 spiro atoms. The second-order valence-electron chi connectivity index (χ2n) is 8.23. The number of carboxylic acids is 1. The molecular weight excluding hydrogens is 462 g/mol. The third-order valence-corrected chi connectivity index (χ3v) is 5.50. The number of aliphatic hydroxyl groups excluding tert-OH is 1. The minimum Gasteiger partial charge on any atom is -0.508 e. The molecule has 0 aliphatic carbocycles. The summed E-state index contributed by atoms with van der Waals surface area (Å²) in [5, 5.41) is 38.0. The van der Waals surface area contributed by atoms with Gasteiger partial charge in [-0.3, -0.25) is 19.2 Å². The van der Waals surface area contributed by atoms with E-state index in [0.717, 1.165) is 6.42 Å². The summed E-state index contributed by atoms with van der Waals surface area (Å²) >= 11 is 0. The van der Waals surface area contributed by atoms with Gasteiger partial charge in [-0.25, -0.2) is 4.79 Å². The average molecular weight is 494 g/mol. The zero-order valence-corrected chi connectivity index (χ0v) is 19.0. The van der Waals surface area contributed by atoms with Gasteiger partial charge in [0.05, 0.1) is 12.6 Å². The van der Waals surface area contributed by atoms with Gasteiger partial charge in [0, 0.05) is 12.8 Å². The van der Waals surface area contributed by atoms with E-state index in [0.29, 0.717) is 18.5 Å². The van der Waals surface area contributed by atoms with Crippen molar-refractivity contribution in [2.24, 2.45) is 5.73 Å². The van der Waals surface area contributed by atoms with Crippen molar-refractivity contribution in [3.05, 3.63) is 29.8 Å². The number of benzene rings is 1. The summed E-state index contributed by atoms with van der Waals surface area (Å²) in [6.45, 7) is -0.219. The average Bonchev–Trinajstić information content (AvgIpc) is 3.35. The van der Waals surface area contributed by atoms with Crippen LogP contribution in [-0.4, -0.2) is 82.2 Å². The Kier molecular flexibility index (Phi) is 10.4. The van der Waals surface area contributed by atoms with Crippen molar-refractivity contribution in [1.29, 1.82) is 0 Å². The number of aliphatic carboxylic acids is 1. The van der Waals surface area contributed by atoms with Crippen LogP contribution in [0.3, 0.4) is 0 Å². The number of aromatic hydroxyl groups is 1. The summed E-state index contributed by atoms with van der Waals surface area (Å²) in [6.07, 6.45) is 0.923. The van der Waals surface area contributed by atoms with E-state index in [2.05, 4.69) is 21.3 Å². The summed E-state index contributed by atoms with van der Waals surface area (Å²) in [5.74, 6) is -4.28. The number of phenolic OH excluding ortho intramolecular Hbond substituents is 1. The van der Waals surface area contributed by atoms with Gasteiger partial charge in [0.1, 0.15) is 23.9 Å². The highest BCUT2D eigenvalue weighted by molar-refractivity contribution is 5.94. The standard InChI is InChI=1S/C22H31N5O8/c23-18(30)8-7-15(20(32)27-17(11-28)22(34)35)25-21(33)16(10-12-3-5-13(29)6-4-12)26-19(31)14-2-1-9-24-14/h3-6,14-17,24,28-29H,1-2,7-11H2,(H2,23,30)(H,25,33)(H,26,31)(H,27,32)(H,34,35). The largest absolute Gasteiger partial charge is 0.508 e. The van der Waals surface area contributed by atoms with Gasteiger partial charge in [-0.1, -0.05) is 12.1 Å². The maximum atomic E-state index is 13.2. The number of carboxylic acid groups (broad SMARTS) is 1. The number of hydrogen-bond donors (Lipinski definition) is 8. The number of amides is 4. The fourth-order valence-corrected chi connectivity index (χ4v) is 3.54. The number of carbonyl (C=O) groups is 5. The number of hydrogen-bond acceptors (Lipinski definition) is 8. The van der Waals surface area contributed by atoms with Crippen LogP contribution in [0.25, 0.3) is 0 Å². The number of primary amides is 1. The van der Waals surface area contributed by atoms with Crippen molar-refractivity contribution in [2.75, 3.05) is 13.2 Å². The van der Waals surface area contributed by atoms with Crippen LogP contribution in [0.5, 0.6) is 5.75 Å². The minimum atomic E-state index is -1.61. The molecule has 0 aromatic heterocycles. The molecule has 1 fully saturated rings. The van der Waals surface area contributed by atoms with Gasteiger partial charge in [0.15, 0.2) is 0 Å². The molecule has 1 saturated heterocycles. The highest BCUT2D eigenvalue weighted by atomic mass is 16.4. The molecule has 1 aliphatic heterocycles. The molecule has 13 nitrogen and oxygen atoms in total. The summed E-state index contributed by atoms with van der Waals surface area (Å²) in [6, 6.07) is 1.44. The van der Waals surface area contributed by atoms with Crippen molar-refractivity contribution >= 4 is 29.6 Å². The van der Waals surface area contributed by atoms with Gasteiger partial charge in [-0.15, -0.1) is 0 Å². The van der Waals surface area contributed by atoms with E-state index in [9.17, 15) is 34.2 Å². The smallest absolute Gasteiger partial charge is 0.328 e. The minimum absolute atomic E-state index is 0.0222. The molecule has 2 rings (SSSR count). The number of nitrogens with two attached hydrogens (primary N) is 1. The predicted molar refractivity (Wildman–Crippen MR) is 122 cm³/mol. The number of carbonyl (C=O) groups excluding carboxylic acids is 4. The Balaban J connectivity index is 2.20. The first-order valence-electron chi connectivity index (χ1n) is 11.1. The molecule has 1 heterocycles. The van der Waals surface area contributed by atoms with Gasteiger partial charge in [0.25, 0.3) is 0 Å². The predicted octanol–water partition coefficient (Wildman–Crippen LogP) is -2.52. The lowest BCUT2D eigenvalue weighted by Crippen LogP contribution is -2.58. The summed E-state index contributed by atoms with van der Waals surface area (Å²) in [4.78, 5) is 60.9. The van der Waals surface area contributed by atoms with E-state index < -0.39 is 60.4 Å². The van der Waals surface area contributed by atoms with Crippen molar-refractivity contribution in [3.8, 4) is 5.75 Å². The van der Waals surface area contributed by atoms with Crippen LogP contribution in [0.2, 0.25) is 0 Å². The number of rotatable bonds is 13. The first-order valence-corrected chi connectivity index (χ1v) is 11.1. The lowest BCUT2D eigenvalue weighted by atomic mass is 10.0. The van der Waals surface area contributed by atoms with E-state index in [1.807, 2.05) is 0 Å². The van der Waals surface area contributed by atoms with Crippen molar-refractivity contribution in [2.45, 2.75) is 56.3 Å². The first kappa shape index (κ1) is 27.5. The van der Waals surface area contributed by atoms with Gasteiger partial charge >= 0.3 is 5.97 Å². The Hall–Kier alpha value is -3.71. The maximum absolute atomic E-state index is 13.2. The van der Waals surface area contributed by atoms with Crippen molar-refractivity contribution < 1.29 is 39.3 Å². The summed E-state index contributed by atoms with van der Waals surface area (Å²) in [7, 11) is 0. The molecule has 9 N–H and O–H groups in total. The molecule has 0 bridgehead atoms. The van der Waals surface area contributed by atoms with E-state index in [4.69, 9.17) is 10.8 Å². The Morgan fingerprint density at radius 2 is 1.63 bits per heavy atom. The molecule has 1 aromatic rings. The van der Waals surface area contributed by atoms with E-state index in [1.54, 1.807) is 12.1 Å². The Bertz CT molecular complexity index is 917. The second-order valence-corrected chi connectivity index (χ2v) is 8.23. The lowest BCUT2D eigenvalue weighted by Gasteiger charge is -2.25. The third kappa shape index (κ3) is 8.87. The van der Waals surface area contributed by atoms with Crippen LogP contribution in [0.1, 0.15) is 31.2 Å². The SMILES string of the molecule is NC(=O)CCC(NC(=O)C(Cc1ccc(O)cc1)NC(=O)C1CCCN1)C(=O)NC(CO)C(=O)O. The number of phenols is 1. The molecule has 4 atom stereocenters. The van der Waals surface area contributed by atoms with Gasteiger partial charge in [-0.05, 0) is 43.5 Å². The van der Waals surface area contributed by atoms with Crippen molar-refractivity contribution in [3.63, 3.8) is 0 Å². The first-order chi connectivity index (χ1) is 16.6. The Labute approximate surface area is 201 Å². The highest BCUT2D eigenvalue weighted by Gasteiger charge is 2.31. The molecule has 1 aliphatic rings. The second kappa shape index (κ2) is 13.2. The van der Waals surface area contributed by atoms with Gasteiger partial charge in [0.2, 0.25) is 23.6 Å². The fourth-order valence-electron chi connectivity index (χ4n) is 3.54. The Morgan fingerprint density at radius 1 is 1.00 bits per heavy atom. The zero-order chi connectivity index (χ0) is 26.0. The monoisotopic (exact) mass is 493 g/mol. The fraction of sp³-hybridized carbons (Fsp3) is 0.500. The number of aliphatic hydroxyl groups is 1. The molecule has 1 aromatic carbocycles. The Morgan fingerprint density at radius 3 is 2.17 bits per heavy atom. The van der Waals surface area contributed by atoms with Crippen LogP contribution in [0, 0.1) is 0 Å².